The van der Waals surface area contributed by atoms with Gasteiger partial charge in [0.25, 0.3) is 5.91 Å². The summed E-state index contributed by atoms with van der Waals surface area (Å²) in [6, 6.07) is 4.37. The summed E-state index contributed by atoms with van der Waals surface area (Å²) >= 11 is 5.50. The highest BCUT2D eigenvalue weighted by Crippen LogP contribution is 2.32. The van der Waals surface area contributed by atoms with Crippen LogP contribution in [0.3, 0.4) is 0 Å². The first-order valence-corrected chi connectivity index (χ1v) is 12.5. The number of benzene rings is 1. The van der Waals surface area contributed by atoms with E-state index in [1.807, 2.05) is 0 Å². The maximum atomic E-state index is 12.9. The normalized spacial score (nSPS) is 17.3. The molecule has 0 aromatic heterocycles. The molecule has 2 aliphatic heterocycles. The molecule has 0 saturated carbocycles. The zero-order chi connectivity index (χ0) is 25.8. The summed E-state index contributed by atoms with van der Waals surface area (Å²) < 4.78 is 21.4. The second-order valence-corrected chi connectivity index (χ2v) is 8.55. The summed E-state index contributed by atoms with van der Waals surface area (Å²) in [4.78, 5) is 50.4. The van der Waals surface area contributed by atoms with E-state index in [1.54, 1.807) is 18.2 Å². The lowest BCUT2D eigenvalue weighted by Crippen LogP contribution is -2.52. The van der Waals surface area contributed by atoms with Crippen LogP contribution in [0, 0.1) is 0 Å². The van der Waals surface area contributed by atoms with Crippen molar-refractivity contribution in [3.8, 4) is 0 Å². The Kier molecular flexibility index (Phi) is 11.6. The number of carbonyl (C=O) groups is 4. The van der Waals surface area contributed by atoms with Crippen molar-refractivity contribution in [2.75, 3.05) is 64.1 Å². The van der Waals surface area contributed by atoms with Gasteiger partial charge in [-0.05, 0) is 18.6 Å². The van der Waals surface area contributed by atoms with Gasteiger partial charge in [0.1, 0.15) is 6.04 Å². The van der Waals surface area contributed by atoms with Crippen molar-refractivity contribution in [3.63, 3.8) is 0 Å². The van der Waals surface area contributed by atoms with Gasteiger partial charge in [-0.1, -0.05) is 6.07 Å². The zero-order valence-corrected chi connectivity index (χ0v) is 20.8. The number of hydrogen-bond acceptors (Lipinski definition) is 8. The number of carbonyl (C=O) groups excluding carboxylic acids is 4. The third-order valence-electron chi connectivity index (χ3n) is 5.67. The van der Waals surface area contributed by atoms with E-state index in [1.165, 1.54) is 4.90 Å². The molecule has 12 heteroatoms. The minimum absolute atomic E-state index is 0.139. The SMILES string of the molecule is O=C1CCC(N2Cc3c(NC(=O)CCOCCOCCOCCOCCCl)cccc3C2=O)C(=O)N1. The average molecular weight is 526 g/mol. The molecule has 2 heterocycles. The molecule has 2 N–H and O–H groups in total. The molecule has 4 amide bonds. The van der Waals surface area contributed by atoms with Crippen LogP contribution in [0.4, 0.5) is 5.69 Å². The Morgan fingerprint density at radius 2 is 1.61 bits per heavy atom. The molecule has 3 rings (SSSR count). The molecule has 198 valence electrons. The topological polar surface area (TPSA) is 132 Å². The highest BCUT2D eigenvalue weighted by atomic mass is 35.5. The number of fused-ring (bicyclic) bond motifs is 1. The number of hydrogen-bond donors (Lipinski definition) is 2. The molecule has 1 aromatic carbocycles. The second kappa shape index (κ2) is 14.9. The van der Waals surface area contributed by atoms with E-state index < -0.39 is 11.9 Å². The predicted molar refractivity (Wildman–Crippen MR) is 130 cm³/mol. The number of nitrogens with one attached hydrogen (secondary N) is 2. The van der Waals surface area contributed by atoms with Gasteiger partial charge in [-0.25, -0.2) is 0 Å². The van der Waals surface area contributed by atoms with Crippen molar-refractivity contribution in [1.29, 1.82) is 0 Å². The number of rotatable bonds is 16. The molecule has 2 aliphatic rings. The molecule has 36 heavy (non-hydrogen) atoms. The highest BCUT2D eigenvalue weighted by Gasteiger charge is 2.39. The van der Waals surface area contributed by atoms with Gasteiger partial charge >= 0.3 is 0 Å². The summed E-state index contributed by atoms with van der Waals surface area (Å²) in [5.41, 5.74) is 1.62. The molecule has 1 atom stereocenters. The summed E-state index contributed by atoms with van der Waals surface area (Å²) in [5, 5.41) is 5.11. The lowest BCUT2D eigenvalue weighted by molar-refractivity contribution is -0.137. The smallest absolute Gasteiger partial charge is 0.255 e. The van der Waals surface area contributed by atoms with Gasteiger partial charge in [-0.15, -0.1) is 11.6 Å². The van der Waals surface area contributed by atoms with E-state index in [2.05, 4.69) is 10.6 Å². The van der Waals surface area contributed by atoms with E-state index in [0.717, 1.165) is 0 Å². The van der Waals surface area contributed by atoms with Gasteiger partial charge in [0, 0.05) is 35.7 Å². The van der Waals surface area contributed by atoms with Crippen molar-refractivity contribution in [3.05, 3.63) is 29.3 Å². The van der Waals surface area contributed by atoms with E-state index in [4.69, 9.17) is 30.5 Å². The molecule has 0 spiro atoms. The standard InChI is InChI=1S/C24H32ClN3O8/c25-7-9-34-11-13-36-15-14-35-12-10-33-8-6-22(30)26-19-3-1-2-17-18(19)16-28(24(17)32)20-4-5-21(29)27-23(20)31/h1-3,20H,4-16H2,(H,26,30)(H,27,29,31). The van der Waals surface area contributed by atoms with E-state index in [9.17, 15) is 19.2 Å². The maximum absolute atomic E-state index is 12.9. The Morgan fingerprint density at radius 3 is 2.25 bits per heavy atom. The number of amides is 4. The summed E-state index contributed by atoms with van der Waals surface area (Å²) in [6.45, 7) is 3.53. The second-order valence-electron chi connectivity index (χ2n) is 8.17. The van der Waals surface area contributed by atoms with Gasteiger partial charge in [0.15, 0.2) is 0 Å². The molecule has 1 aromatic rings. The van der Waals surface area contributed by atoms with Crippen LogP contribution in [0.1, 0.15) is 35.2 Å². The largest absolute Gasteiger partial charge is 0.379 e. The third kappa shape index (κ3) is 8.24. The summed E-state index contributed by atoms with van der Waals surface area (Å²) in [7, 11) is 0. The third-order valence-corrected chi connectivity index (χ3v) is 5.82. The van der Waals surface area contributed by atoms with Crippen LogP contribution < -0.4 is 10.6 Å². The summed E-state index contributed by atoms with van der Waals surface area (Å²) in [5.74, 6) is -0.883. The lowest BCUT2D eigenvalue weighted by atomic mass is 10.0. The molecule has 1 fully saturated rings. The Bertz CT molecular complexity index is 929. The minimum atomic E-state index is -0.705. The molecule has 0 aliphatic carbocycles. The predicted octanol–water partition coefficient (Wildman–Crippen LogP) is 1.08. The van der Waals surface area contributed by atoms with Gasteiger partial charge in [0.2, 0.25) is 17.7 Å². The molecule has 0 radical (unpaired) electrons. The first-order valence-electron chi connectivity index (χ1n) is 11.9. The van der Waals surface area contributed by atoms with Crippen LogP contribution in [0.5, 0.6) is 0 Å². The number of halogens is 1. The van der Waals surface area contributed by atoms with Gasteiger partial charge < -0.3 is 29.2 Å². The van der Waals surface area contributed by atoms with Crippen LogP contribution >= 0.6 is 11.6 Å². The van der Waals surface area contributed by atoms with Gasteiger partial charge in [-0.3, -0.25) is 24.5 Å². The number of alkyl halides is 1. The van der Waals surface area contributed by atoms with Crippen molar-refractivity contribution in [1.82, 2.24) is 10.2 Å². The Hall–Kier alpha value is -2.57. The molecular formula is C24H32ClN3O8. The Balaban J connectivity index is 1.32. The van der Waals surface area contributed by atoms with Crippen LogP contribution in [-0.4, -0.2) is 93.3 Å². The number of ether oxygens (including phenoxy) is 4. The van der Waals surface area contributed by atoms with Gasteiger partial charge in [0.05, 0.1) is 59.3 Å². The number of imide groups is 1. The molecule has 1 unspecified atom stereocenters. The van der Waals surface area contributed by atoms with Crippen molar-refractivity contribution >= 4 is 40.9 Å². The fraction of sp³-hybridized carbons (Fsp3) is 0.583. The molecule has 11 nitrogen and oxygen atoms in total. The summed E-state index contributed by atoms with van der Waals surface area (Å²) in [6.07, 6.45) is 0.605. The first-order chi connectivity index (χ1) is 17.5. The number of piperidine rings is 1. The highest BCUT2D eigenvalue weighted by molar-refractivity contribution is 6.18. The fourth-order valence-electron chi connectivity index (χ4n) is 3.90. The molecule has 0 bridgehead atoms. The quantitative estimate of drug-likeness (QED) is 0.186. The first kappa shape index (κ1) is 28.0. The molecular weight excluding hydrogens is 494 g/mol. The van der Waals surface area contributed by atoms with Crippen LogP contribution in [-0.2, 0) is 39.9 Å². The van der Waals surface area contributed by atoms with Crippen LogP contribution in [0.2, 0.25) is 0 Å². The van der Waals surface area contributed by atoms with Crippen molar-refractivity contribution in [2.24, 2.45) is 0 Å². The molecule has 1 saturated heterocycles. The lowest BCUT2D eigenvalue weighted by Gasteiger charge is -2.29. The van der Waals surface area contributed by atoms with Crippen molar-refractivity contribution in [2.45, 2.75) is 31.8 Å². The van der Waals surface area contributed by atoms with Crippen LogP contribution in [0.15, 0.2) is 18.2 Å². The van der Waals surface area contributed by atoms with E-state index in [-0.39, 0.29) is 50.1 Å². The maximum Gasteiger partial charge on any atom is 0.255 e. The monoisotopic (exact) mass is 525 g/mol. The zero-order valence-electron chi connectivity index (χ0n) is 20.1. The number of anilines is 1. The minimum Gasteiger partial charge on any atom is -0.379 e. The van der Waals surface area contributed by atoms with Crippen molar-refractivity contribution < 1.29 is 38.1 Å². The fourth-order valence-corrected chi connectivity index (χ4v) is 4.01. The Labute approximate surface area is 214 Å². The van der Waals surface area contributed by atoms with Crippen LogP contribution in [0.25, 0.3) is 0 Å². The number of nitrogens with zero attached hydrogens (tertiary/aromatic N) is 1. The van der Waals surface area contributed by atoms with Gasteiger partial charge in [-0.2, -0.15) is 0 Å². The average Bonchev–Trinajstić information content (AvgIpc) is 3.19. The van der Waals surface area contributed by atoms with E-state index >= 15 is 0 Å². The Morgan fingerprint density at radius 1 is 0.972 bits per heavy atom. The van der Waals surface area contributed by atoms with E-state index in [0.29, 0.717) is 68.9 Å².